The van der Waals surface area contributed by atoms with Gasteiger partial charge in [0.2, 0.25) is 0 Å². The van der Waals surface area contributed by atoms with Crippen LogP contribution >= 0.6 is 39.9 Å². The first-order valence-electron chi connectivity index (χ1n) is 7.88. The minimum absolute atomic E-state index is 0.0895. The number of carboxylic acid groups (broad SMARTS) is 1. The minimum atomic E-state index is -1.14. The van der Waals surface area contributed by atoms with Gasteiger partial charge in [0.25, 0.3) is 5.91 Å². The van der Waals surface area contributed by atoms with E-state index in [1.807, 2.05) is 24.3 Å². The molecule has 1 aliphatic rings. The molecule has 2 N–H and O–H groups in total. The summed E-state index contributed by atoms with van der Waals surface area (Å²) >= 11 is 9.76. The molecule has 138 valence electrons. The summed E-state index contributed by atoms with van der Waals surface area (Å²) in [4.78, 5) is 26.2. The van der Waals surface area contributed by atoms with Gasteiger partial charge in [-0.25, -0.2) is 4.79 Å². The van der Waals surface area contributed by atoms with Crippen molar-refractivity contribution in [2.45, 2.75) is 12.5 Å². The summed E-state index contributed by atoms with van der Waals surface area (Å²) in [7, 11) is 0. The van der Waals surface area contributed by atoms with Gasteiger partial charge in [-0.3, -0.25) is 9.69 Å². The van der Waals surface area contributed by atoms with Gasteiger partial charge in [-0.15, -0.1) is 0 Å². The van der Waals surface area contributed by atoms with Crippen molar-refractivity contribution in [3.05, 3.63) is 69.0 Å². The number of thiocarbonyl (C=S) groups is 1. The van der Waals surface area contributed by atoms with Crippen LogP contribution in [0.2, 0.25) is 0 Å². The summed E-state index contributed by atoms with van der Waals surface area (Å²) < 4.78 is 1.09. The monoisotopic (exact) mass is 463 g/mol. The molecule has 1 heterocycles. The van der Waals surface area contributed by atoms with E-state index in [4.69, 9.17) is 12.2 Å². The first-order chi connectivity index (χ1) is 12.8. The molecule has 8 heteroatoms. The largest absolute Gasteiger partial charge is 0.508 e. The lowest BCUT2D eigenvalue weighted by molar-refractivity contribution is -0.145. The van der Waals surface area contributed by atoms with Crippen LogP contribution in [0.3, 0.4) is 0 Å². The third-order valence-electron chi connectivity index (χ3n) is 3.93. The van der Waals surface area contributed by atoms with Crippen molar-refractivity contribution in [2.24, 2.45) is 0 Å². The Morgan fingerprint density at radius 2 is 1.96 bits per heavy atom. The first-order valence-corrected chi connectivity index (χ1v) is 9.90. The molecule has 0 saturated carbocycles. The van der Waals surface area contributed by atoms with Crippen molar-refractivity contribution < 1.29 is 19.8 Å². The predicted octanol–water partition coefficient (Wildman–Crippen LogP) is 4.05. The summed E-state index contributed by atoms with van der Waals surface area (Å²) in [5.74, 6) is -1.47. The average Bonchev–Trinajstić information content (AvgIpc) is 2.88. The molecule has 1 saturated heterocycles. The fourth-order valence-corrected chi connectivity index (χ4v) is 4.41. The molecule has 1 unspecified atom stereocenters. The maximum Gasteiger partial charge on any atom is 0.327 e. The number of aromatic hydroxyl groups is 1. The van der Waals surface area contributed by atoms with Crippen LogP contribution in [-0.2, 0) is 16.0 Å². The van der Waals surface area contributed by atoms with Crippen LogP contribution in [0.1, 0.15) is 11.1 Å². The van der Waals surface area contributed by atoms with Gasteiger partial charge < -0.3 is 10.2 Å². The highest BCUT2D eigenvalue weighted by atomic mass is 79.9. The van der Waals surface area contributed by atoms with Crippen molar-refractivity contribution in [1.82, 2.24) is 4.90 Å². The van der Waals surface area contributed by atoms with Gasteiger partial charge in [0, 0.05) is 10.9 Å². The summed E-state index contributed by atoms with van der Waals surface area (Å²) in [6.45, 7) is 0. The quantitative estimate of drug-likeness (QED) is 0.514. The Kier molecular flexibility index (Phi) is 5.98. The Morgan fingerprint density at radius 3 is 2.59 bits per heavy atom. The molecule has 2 aromatic rings. The number of amides is 1. The molecule has 0 bridgehead atoms. The molecular weight excluding hydrogens is 450 g/mol. The van der Waals surface area contributed by atoms with Gasteiger partial charge in [0.05, 0.1) is 4.91 Å². The molecule has 0 aromatic heterocycles. The highest BCUT2D eigenvalue weighted by Crippen LogP contribution is 2.35. The van der Waals surface area contributed by atoms with Crippen molar-refractivity contribution in [1.29, 1.82) is 0 Å². The van der Waals surface area contributed by atoms with E-state index < -0.39 is 17.9 Å². The predicted molar refractivity (Wildman–Crippen MR) is 112 cm³/mol. The number of halogens is 1. The van der Waals surface area contributed by atoms with Crippen LogP contribution in [0.4, 0.5) is 0 Å². The third-order valence-corrected chi connectivity index (χ3v) is 5.76. The van der Waals surface area contributed by atoms with E-state index in [1.165, 1.54) is 12.1 Å². The van der Waals surface area contributed by atoms with E-state index in [-0.39, 0.29) is 16.5 Å². The molecule has 0 spiro atoms. The average molecular weight is 464 g/mol. The first kappa shape index (κ1) is 19.6. The molecule has 1 atom stereocenters. The number of rotatable bonds is 5. The number of phenolic OH excluding ortho intramolecular Hbond substituents is 1. The summed E-state index contributed by atoms with van der Waals surface area (Å²) in [5.41, 5.74) is 1.50. The van der Waals surface area contributed by atoms with Gasteiger partial charge in [-0.1, -0.05) is 64.2 Å². The number of aliphatic carboxylic acids is 1. The number of phenols is 1. The van der Waals surface area contributed by atoms with E-state index >= 15 is 0 Å². The number of carboxylic acids is 1. The van der Waals surface area contributed by atoms with Crippen LogP contribution in [0.25, 0.3) is 6.08 Å². The highest BCUT2D eigenvalue weighted by molar-refractivity contribution is 9.10. The Balaban J connectivity index is 1.87. The minimum Gasteiger partial charge on any atom is -0.508 e. The lowest BCUT2D eigenvalue weighted by Gasteiger charge is -2.23. The number of carbonyl (C=O) groups excluding carboxylic acids is 1. The lowest BCUT2D eigenvalue weighted by atomic mass is 10.0. The number of nitrogens with zero attached hydrogens (tertiary/aromatic N) is 1. The third kappa shape index (κ3) is 4.58. The van der Waals surface area contributed by atoms with Crippen LogP contribution in [0.5, 0.6) is 5.75 Å². The standard InChI is InChI=1S/C19H14BrNO4S2/c20-13-3-1-2-12(8-13)10-16-17(23)21(19(26)27-16)15(18(24)25)9-11-4-6-14(22)7-5-11/h1-8,10,15,22H,9H2,(H,24,25)/b16-10+. The van der Waals surface area contributed by atoms with Crippen LogP contribution in [-0.4, -0.2) is 37.4 Å². The zero-order valence-corrected chi connectivity index (χ0v) is 17.1. The molecule has 3 rings (SSSR count). The summed E-state index contributed by atoms with van der Waals surface area (Å²) in [5, 5.41) is 19.0. The molecule has 27 heavy (non-hydrogen) atoms. The molecule has 5 nitrogen and oxygen atoms in total. The number of hydrogen-bond acceptors (Lipinski definition) is 5. The van der Waals surface area contributed by atoms with Crippen LogP contribution < -0.4 is 0 Å². The van der Waals surface area contributed by atoms with E-state index in [0.717, 1.165) is 26.7 Å². The Labute approximate surface area is 173 Å². The topological polar surface area (TPSA) is 77.8 Å². The zero-order valence-electron chi connectivity index (χ0n) is 13.8. The van der Waals surface area contributed by atoms with E-state index in [0.29, 0.717) is 10.5 Å². The fraction of sp³-hybridized carbons (Fsp3) is 0.105. The molecule has 1 fully saturated rings. The summed E-state index contributed by atoms with van der Waals surface area (Å²) in [6, 6.07) is 12.5. The van der Waals surface area contributed by atoms with Gasteiger partial charge in [-0.05, 0) is 41.5 Å². The van der Waals surface area contributed by atoms with Crippen molar-refractivity contribution in [2.75, 3.05) is 0 Å². The second-order valence-corrected chi connectivity index (χ2v) is 8.42. The van der Waals surface area contributed by atoms with E-state index in [2.05, 4.69) is 15.9 Å². The van der Waals surface area contributed by atoms with Gasteiger partial charge >= 0.3 is 5.97 Å². The fourth-order valence-electron chi connectivity index (χ4n) is 2.64. The number of carbonyl (C=O) groups is 2. The second-order valence-electron chi connectivity index (χ2n) is 5.83. The number of thioether (sulfide) groups is 1. The molecule has 0 radical (unpaired) electrons. The zero-order chi connectivity index (χ0) is 19.6. The smallest absolute Gasteiger partial charge is 0.327 e. The maximum absolute atomic E-state index is 12.8. The number of benzene rings is 2. The Morgan fingerprint density at radius 1 is 1.26 bits per heavy atom. The highest BCUT2D eigenvalue weighted by Gasteiger charge is 2.40. The molecule has 1 aliphatic heterocycles. The summed E-state index contributed by atoms with van der Waals surface area (Å²) in [6.07, 6.45) is 1.79. The Hall–Kier alpha value is -2.16. The SMILES string of the molecule is O=C(O)C(Cc1ccc(O)cc1)N1C(=O)/C(=C\c2cccc(Br)c2)SC1=S. The normalized spacial score (nSPS) is 16.8. The van der Waals surface area contributed by atoms with Gasteiger partial charge in [0.1, 0.15) is 16.1 Å². The lowest BCUT2D eigenvalue weighted by Crippen LogP contribution is -2.45. The molecule has 0 aliphatic carbocycles. The van der Waals surface area contributed by atoms with E-state index in [1.54, 1.807) is 18.2 Å². The van der Waals surface area contributed by atoms with Gasteiger partial charge in [0.15, 0.2) is 0 Å². The van der Waals surface area contributed by atoms with Crippen molar-refractivity contribution in [3.63, 3.8) is 0 Å². The van der Waals surface area contributed by atoms with Crippen molar-refractivity contribution >= 4 is 62.2 Å². The van der Waals surface area contributed by atoms with Crippen molar-refractivity contribution in [3.8, 4) is 5.75 Å². The Bertz CT molecular complexity index is 943. The van der Waals surface area contributed by atoms with E-state index in [9.17, 15) is 19.8 Å². The van der Waals surface area contributed by atoms with Crippen LogP contribution in [0.15, 0.2) is 57.9 Å². The second kappa shape index (κ2) is 8.24. The molecular formula is C19H14BrNO4S2. The molecule has 1 amide bonds. The van der Waals surface area contributed by atoms with Crippen LogP contribution in [0, 0.1) is 0 Å². The molecule has 2 aromatic carbocycles. The van der Waals surface area contributed by atoms with Gasteiger partial charge in [-0.2, -0.15) is 0 Å². The number of hydrogen-bond donors (Lipinski definition) is 2. The maximum atomic E-state index is 12.8.